The molecule has 3 amide bonds. The number of hydrogen-bond donors (Lipinski definition) is 1. The van der Waals surface area contributed by atoms with Crippen molar-refractivity contribution in [2.45, 2.75) is 62.9 Å². The van der Waals surface area contributed by atoms with Crippen LogP contribution in [-0.4, -0.2) is 102 Å². The number of hydrogen-bond acceptors (Lipinski definition) is 10. The average Bonchev–Trinajstić information content (AvgIpc) is 3.78. The molecule has 13 heteroatoms. The number of nitrogens with zero attached hydrogens (tertiary/aromatic N) is 3. The number of Topliss-reactive ketones (excluding diaryl/α,β-unsaturated/α-hetero) is 3. The molecule has 0 aromatic heterocycles. The summed E-state index contributed by atoms with van der Waals surface area (Å²) in [5, 5.41) is 2.86. The third kappa shape index (κ3) is 8.54. The Kier molecular flexibility index (Phi) is 12.1. The first-order chi connectivity index (χ1) is 29.2. The van der Waals surface area contributed by atoms with Crippen LogP contribution in [0.15, 0.2) is 108 Å². The second kappa shape index (κ2) is 17.9. The number of ketones is 3. The summed E-state index contributed by atoms with van der Waals surface area (Å²) < 4.78 is 17.8. The fraction of sp³-hybridized carbons (Fsp3) is 0.340. The summed E-state index contributed by atoms with van der Waals surface area (Å²) in [6, 6.07) is 31.6. The zero-order chi connectivity index (χ0) is 41.6. The van der Waals surface area contributed by atoms with Crippen molar-refractivity contribution in [3.05, 3.63) is 142 Å². The van der Waals surface area contributed by atoms with E-state index in [1.54, 1.807) is 23.1 Å². The molecule has 0 spiro atoms. The molecule has 8 rings (SSSR count). The SMILES string of the molecule is O=C1CCC(N2Cc3c(CC(=O)COCCOCCNC(=O)CN4Cc5ccccc5[C@@H]5OC(c6ccccc6)=N[C@]5(Cc5ccccc5)C4=O)cccc3C2=O)C(=O)C1. The van der Waals surface area contributed by atoms with E-state index in [4.69, 9.17) is 19.2 Å². The van der Waals surface area contributed by atoms with Crippen LogP contribution in [0.3, 0.4) is 0 Å². The van der Waals surface area contributed by atoms with Gasteiger partial charge in [-0.25, -0.2) is 4.99 Å². The van der Waals surface area contributed by atoms with Gasteiger partial charge in [0.25, 0.3) is 11.8 Å². The first-order valence-electron chi connectivity index (χ1n) is 20.3. The number of fused-ring (bicyclic) bond motifs is 4. The summed E-state index contributed by atoms with van der Waals surface area (Å²) in [5.41, 5.74) is 4.00. The van der Waals surface area contributed by atoms with E-state index >= 15 is 0 Å². The van der Waals surface area contributed by atoms with Gasteiger partial charge in [-0.05, 0) is 46.9 Å². The van der Waals surface area contributed by atoms with E-state index in [2.05, 4.69) is 5.32 Å². The molecule has 1 fully saturated rings. The molecule has 3 atom stereocenters. The van der Waals surface area contributed by atoms with Crippen LogP contribution in [0.2, 0.25) is 0 Å². The molecule has 0 saturated heterocycles. The van der Waals surface area contributed by atoms with Crippen molar-refractivity contribution in [2.75, 3.05) is 39.5 Å². The second-order valence-electron chi connectivity index (χ2n) is 15.6. The van der Waals surface area contributed by atoms with E-state index in [-0.39, 0.29) is 113 Å². The standard InChI is InChI=1S/C47H46N4O9/c52-35-18-19-40(41(54)25-35)51-28-39-33(15-9-17-38(39)45(51)56)24-36(53)30-59-23-22-58-21-20-48-42(55)29-50-27-34-14-7-8-16-37(34)43-47(46(50)57,26-31-10-3-1-4-11-31)49-44(60-43)32-12-5-2-6-13-32/h1-17,40,43H,18-30H2,(H,48,55)/t40?,43-,47-/m0/s1. The van der Waals surface area contributed by atoms with Crippen molar-refractivity contribution in [3.8, 4) is 0 Å². The van der Waals surface area contributed by atoms with Crippen molar-refractivity contribution in [3.63, 3.8) is 0 Å². The van der Waals surface area contributed by atoms with E-state index < -0.39 is 17.7 Å². The van der Waals surface area contributed by atoms with Crippen molar-refractivity contribution in [2.24, 2.45) is 4.99 Å². The van der Waals surface area contributed by atoms with Crippen LogP contribution < -0.4 is 5.32 Å². The Morgan fingerprint density at radius 2 is 1.58 bits per heavy atom. The Balaban J connectivity index is 0.816. The van der Waals surface area contributed by atoms with Crippen molar-refractivity contribution < 1.29 is 43.0 Å². The zero-order valence-electron chi connectivity index (χ0n) is 33.2. The Morgan fingerprint density at radius 1 is 0.833 bits per heavy atom. The molecule has 0 radical (unpaired) electrons. The van der Waals surface area contributed by atoms with Crippen LogP contribution in [0.25, 0.3) is 0 Å². The van der Waals surface area contributed by atoms with E-state index in [1.165, 1.54) is 4.90 Å². The second-order valence-corrected chi connectivity index (χ2v) is 15.6. The van der Waals surface area contributed by atoms with Gasteiger partial charge >= 0.3 is 0 Å². The molecule has 1 N–H and O–H groups in total. The largest absolute Gasteiger partial charge is 0.466 e. The van der Waals surface area contributed by atoms with Gasteiger partial charge in [0.15, 0.2) is 23.2 Å². The fourth-order valence-corrected chi connectivity index (χ4v) is 8.58. The van der Waals surface area contributed by atoms with Gasteiger partial charge in [-0.1, -0.05) is 84.9 Å². The summed E-state index contributed by atoms with van der Waals surface area (Å²) in [7, 11) is 0. The molecular weight excluding hydrogens is 765 g/mol. The van der Waals surface area contributed by atoms with Gasteiger partial charge in [-0.2, -0.15) is 0 Å². The molecule has 308 valence electrons. The van der Waals surface area contributed by atoms with Gasteiger partial charge in [0, 0.05) is 55.6 Å². The van der Waals surface area contributed by atoms with E-state index in [0.29, 0.717) is 23.4 Å². The van der Waals surface area contributed by atoms with Gasteiger partial charge in [0.2, 0.25) is 11.8 Å². The smallest absolute Gasteiger partial charge is 0.256 e. The van der Waals surface area contributed by atoms with Gasteiger partial charge in [0.05, 0.1) is 38.8 Å². The summed E-state index contributed by atoms with van der Waals surface area (Å²) in [4.78, 5) is 86.5. The molecule has 1 saturated carbocycles. The Labute approximate surface area is 347 Å². The van der Waals surface area contributed by atoms with Crippen LogP contribution in [-0.2, 0) is 64.1 Å². The minimum absolute atomic E-state index is 0.0704. The van der Waals surface area contributed by atoms with Crippen LogP contribution in [0, 0.1) is 0 Å². The number of rotatable bonds is 16. The van der Waals surface area contributed by atoms with Crippen LogP contribution in [0.1, 0.15) is 69.1 Å². The molecule has 1 unspecified atom stereocenters. The lowest BCUT2D eigenvalue weighted by molar-refractivity contribution is -0.143. The van der Waals surface area contributed by atoms with Gasteiger partial charge in [0.1, 0.15) is 12.4 Å². The monoisotopic (exact) mass is 810 g/mol. The summed E-state index contributed by atoms with van der Waals surface area (Å²) in [5.74, 6) is -1.02. The highest BCUT2D eigenvalue weighted by molar-refractivity contribution is 6.08. The third-order valence-corrected chi connectivity index (χ3v) is 11.5. The maximum atomic E-state index is 14.8. The number of nitrogens with one attached hydrogen (secondary N) is 1. The molecule has 0 bridgehead atoms. The molecule has 4 aromatic rings. The minimum atomic E-state index is -1.34. The first kappa shape index (κ1) is 40.5. The quantitative estimate of drug-likeness (QED) is 0.130. The van der Waals surface area contributed by atoms with Crippen LogP contribution >= 0.6 is 0 Å². The maximum absolute atomic E-state index is 14.8. The van der Waals surface area contributed by atoms with E-state index in [1.807, 2.05) is 84.9 Å². The minimum Gasteiger partial charge on any atom is -0.466 e. The van der Waals surface area contributed by atoms with Crippen molar-refractivity contribution in [1.29, 1.82) is 0 Å². The molecule has 4 aromatic carbocycles. The van der Waals surface area contributed by atoms with Crippen molar-refractivity contribution >= 4 is 41.0 Å². The molecule has 3 heterocycles. The summed E-state index contributed by atoms with van der Waals surface area (Å²) in [6.45, 7) is 0.849. The summed E-state index contributed by atoms with van der Waals surface area (Å²) in [6.07, 6.45) is 0.102. The van der Waals surface area contributed by atoms with Crippen molar-refractivity contribution in [1.82, 2.24) is 15.1 Å². The number of aliphatic imine (C=N–C) groups is 1. The highest BCUT2D eigenvalue weighted by Gasteiger charge is 2.57. The molecule has 60 heavy (non-hydrogen) atoms. The van der Waals surface area contributed by atoms with Gasteiger partial charge in [-0.3, -0.25) is 28.8 Å². The molecular formula is C47H46N4O9. The maximum Gasteiger partial charge on any atom is 0.256 e. The van der Waals surface area contributed by atoms with Gasteiger partial charge in [-0.15, -0.1) is 0 Å². The van der Waals surface area contributed by atoms with E-state index in [0.717, 1.165) is 27.8 Å². The highest BCUT2D eigenvalue weighted by Crippen LogP contribution is 2.46. The first-order valence-corrected chi connectivity index (χ1v) is 20.3. The van der Waals surface area contributed by atoms with E-state index in [9.17, 15) is 28.8 Å². The third-order valence-electron chi connectivity index (χ3n) is 11.5. The Bertz CT molecular complexity index is 2330. The number of benzene rings is 4. The predicted molar refractivity (Wildman–Crippen MR) is 219 cm³/mol. The molecule has 3 aliphatic heterocycles. The number of amides is 3. The van der Waals surface area contributed by atoms with Crippen LogP contribution in [0.5, 0.6) is 0 Å². The normalized spacial score (nSPS) is 20.8. The summed E-state index contributed by atoms with van der Waals surface area (Å²) >= 11 is 0. The molecule has 1 aliphatic carbocycles. The van der Waals surface area contributed by atoms with Gasteiger partial charge < -0.3 is 29.3 Å². The lowest BCUT2D eigenvalue weighted by atomic mass is 9.81. The topological polar surface area (TPSA) is 161 Å². The Morgan fingerprint density at radius 3 is 2.38 bits per heavy atom. The number of carbonyl (C=O) groups excluding carboxylic acids is 6. The lowest BCUT2D eigenvalue weighted by Crippen LogP contribution is -2.52. The highest BCUT2D eigenvalue weighted by atomic mass is 16.5. The number of carbonyl (C=O) groups is 6. The molecule has 4 aliphatic rings. The fourth-order valence-electron chi connectivity index (χ4n) is 8.58. The lowest BCUT2D eigenvalue weighted by Gasteiger charge is -2.32. The number of ether oxygens (including phenoxy) is 3. The predicted octanol–water partition coefficient (Wildman–Crippen LogP) is 4.14. The average molecular weight is 811 g/mol. The molecule has 13 nitrogen and oxygen atoms in total. The van der Waals surface area contributed by atoms with Crippen LogP contribution in [0.4, 0.5) is 0 Å². The zero-order valence-corrected chi connectivity index (χ0v) is 33.2. The Hall–Kier alpha value is -6.31.